The van der Waals surface area contributed by atoms with Gasteiger partial charge in [0, 0.05) is 18.0 Å². The van der Waals surface area contributed by atoms with Crippen LogP contribution in [0.3, 0.4) is 0 Å². The zero-order valence-corrected chi connectivity index (χ0v) is 14.6. The topological polar surface area (TPSA) is 61.4 Å². The van der Waals surface area contributed by atoms with Gasteiger partial charge in [-0.2, -0.15) is 0 Å². The summed E-state index contributed by atoms with van der Waals surface area (Å²) in [5, 5.41) is 5.13. The van der Waals surface area contributed by atoms with Gasteiger partial charge in [0.25, 0.3) is 0 Å². The summed E-state index contributed by atoms with van der Waals surface area (Å²) in [6, 6.07) is 7.69. The van der Waals surface area contributed by atoms with Gasteiger partial charge in [-0.3, -0.25) is 10.1 Å². The van der Waals surface area contributed by atoms with E-state index in [-0.39, 0.29) is 12.5 Å². The molecule has 1 heterocycles. The monoisotopic (exact) mass is 335 g/mol. The predicted molar refractivity (Wildman–Crippen MR) is 95.0 cm³/mol. The minimum Gasteiger partial charge on any atom is -0.361 e. The molecule has 23 heavy (non-hydrogen) atoms. The third kappa shape index (κ3) is 5.78. The van der Waals surface area contributed by atoms with Gasteiger partial charge in [-0.1, -0.05) is 26.0 Å². The van der Waals surface area contributed by atoms with Crippen LogP contribution in [-0.4, -0.2) is 37.3 Å². The van der Waals surface area contributed by atoms with E-state index in [0.717, 1.165) is 30.8 Å². The van der Waals surface area contributed by atoms with Gasteiger partial charge in [0.15, 0.2) is 0 Å². The van der Waals surface area contributed by atoms with Crippen molar-refractivity contribution in [3.63, 3.8) is 0 Å². The maximum Gasteiger partial charge on any atom is 0.321 e. The van der Waals surface area contributed by atoms with Crippen molar-refractivity contribution in [2.24, 2.45) is 5.92 Å². The zero-order chi connectivity index (χ0) is 16.7. The Bertz CT molecular complexity index is 548. The van der Waals surface area contributed by atoms with Gasteiger partial charge in [-0.15, -0.1) is 11.8 Å². The number of benzene rings is 1. The fourth-order valence-corrected chi connectivity index (χ4v) is 3.43. The third-order valence-electron chi connectivity index (χ3n) is 3.63. The lowest BCUT2D eigenvalue weighted by Gasteiger charge is -2.23. The van der Waals surface area contributed by atoms with Gasteiger partial charge in [-0.25, -0.2) is 4.79 Å². The normalized spacial score (nSPS) is 14.1. The number of nitrogens with zero attached hydrogens (tertiary/aromatic N) is 1. The van der Waals surface area contributed by atoms with Crippen LogP contribution < -0.4 is 15.5 Å². The molecule has 3 amide bonds. The number of imide groups is 1. The van der Waals surface area contributed by atoms with Gasteiger partial charge in [-0.05, 0) is 36.6 Å². The number of fused-ring (bicyclic) bond motifs is 1. The van der Waals surface area contributed by atoms with Crippen molar-refractivity contribution in [1.82, 2.24) is 10.6 Å². The van der Waals surface area contributed by atoms with Gasteiger partial charge < -0.3 is 10.2 Å². The Kier molecular flexibility index (Phi) is 6.77. The van der Waals surface area contributed by atoms with E-state index in [2.05, 4.69) is 30.5 Å². The first-order valence-electron chi connectivity index (χ1n) is 8.10. The molecule has 1 aromatic rings. The number of urea groups is 1. The number of carbonyl (C=O) groups excluding carboxylic acids is 2. The van der Waals surface area contributed by atoms with E-state index >= 15 is 0 Å². The molecule has 1 aromatic carbocycles. The summed E-state index contributed by atoms with van der Waals surface area (Å²) in [6.07, 6.45) is 1.92. The molecule has 0 unspecified atom stereocenters. The van der Waals surface area contributed by atoms with E-state index in [9.17, 15) is 9.59 Å². The molecule has 0 fully saturated rings. The minimum atomic E-state index is -0.409. The second-order valence-corrected chi connectivity index (χ2v) is 7.21. The van der Waals surface area contributed by atoms with Gasteiger partial charge in [0.1, 0.15) is 0 Å². The zero-order valence-electron chi connectivity index (χ0n) is 13.8. The Morgan fingerprint density at radius 3 is 2.87 bits per heavy atom. The summed E-state index contributed by atoms with van der Waals surface area (Å²) in [6.45, 7) is 5.81. The summed E-state index contributed by atoms with van der Waals surface area (Å²) in [5.74, 6) is 1.30. The van der Waals surface area contributed by atoms with Crippen molar-refractivity contribution in [3.05, 3.63) is 24.3 Å². The molecule has 126 valence electrons. The fraction of sp³-hybridized carbons (Fsp3) is 0.529. The summed E-state index contributed by atoms with van der Waals surface area (Å²) in [4.78, 5) is 27.1. The molecule has 0 aromatic heterocycles. The number of amides is 3. The molecule has 6 heteroatoms. The molecule has 5 nitrogen and oxygen atoms in total. The molecule has 0 spiro atoms. The van der Waals surface area contributed by atoms with Gasteiger partial charge in [0.05, 0.1) is 12.2 Å². The van der Waals surface area contributed by atoms with Crippen LogP contribution >= 0.6 is 11.8 Å². The Morgan fingerprint density at radius 1 is 1.30 bits per heavy atom. The van der Waals surface area contributed by atoms with Crippen molar-refractivity contribution >= 4 is 29.4 Å². The molecule has 0 aliphatic carbocycles. The third-order valence-corrected chi connectivity index (χ3v) is 4.78. The highest BCUT2D eigenvalue weighted by Gasteiger charge is 2.18. The van der Waals surface area contributed by atoms with Gasteiger partial charge in [0.2, 0.25) is 5.91 Å². The SMILES string of the molecule is CC(C)CCNC(=O)NC(=O)CN1CCCSc2ccccc21. The van der Waals surface area contributed by atoms with Crippen LogP contribution in [0.25, 0.3) is 0 Å². The quantitative estimate of drug-likeness (QED) is 0.868. The largest absolute Gasteiger partial charge is 0.361 e. The molecular weight excluding hydrogens is 310 g/mol. The highest BCUT2D eigenvalue weighted by molar-refractivity contribution is 7.99. The Balaban J connectivity index is 1.86. The number of rotatable bonds is 5. The number of para-hydroxylation sites is 1. The van der Waals surface area contributed by atoms with Crippen LogP contribution in [0.1, 0.15) is 26.7 Å². The van der Waals surface area contributed by atoms with Crippen LogP contribution in [0.15, 0.2) is 29.2 Å². The average molecular weight is 335 g/mol. The Hall–Kier alpha value is -1.69. The van der Waals surface area contributed by atoms with E-state index in [4.69, 9.17) is 0 Å². The second-order valence-electron chi connectivity index (χ2n) is 6.08. The number of hydrogen-bond acceptors (Lipinski definition) is 4. The van der Waals surface area contributed by atoms with E-state index in [1.165, 1.54) is 4.90 Å². The first-order valence-corrected chi connectivity index (χ1v) is 9.09. The smallest absolute Gasteiger partial charge is 0.321 e. The van der Waals surface area contributed by atoms with Crippen molar-refractivity contribution in [2.45, 2.75) is 31.6 Å². The first kappa shape index (κ1) is 17.7. The van der Waals surface area contributed by atoms with E-state index in [1.807, 2.05) is 34.9 Å². The van der Waals surface area contributed by atoms with Crippen LogP contribution in [0.2, 0.25) is 0 Å². The van der Waals surface area contributed by atoms with Crippen molar-refractivity contribution in [2.75, 3.05) is 30.3 Å². The summed E-state index contributed by atoms with van der Waals surface area (Å²) >= 11 is 1.82. The fourth-order valence-electron chi connectivity index (χ4n) is 2.42. The predicted octanol–water partition coefficient (Wildman–Crippen LogP) is 2.86. The molecule has 0 radical (unpaired) electrons. The molecule has 1 aliphatic heterocycles. The first-order chi connectivity index (χ1) is 11.1. The molecule has 2 rings (SSSR count). The number of carbonyl (C=O) groups is 2. The summed E-state index contributed by atoms with van der Waals surface area (Å²) in [5.41, 5.74) is 1.07. The molecule has 0 saturated heterocycles. The van der Waals surface area contributed by atoms with Crippen molar-refractivity contribution < 1.29 is 9.59 Å². The van der Waals surface area contributed by atoms with Crippen LogP contribution in [0.4, 0.5) is 10.5 Å². The molecule has 2 N–H and O–H groups in total. The minimum absolute atomic E-state index is 0.204. The Morgan fingerprint density at radius 2 is 2.09 bits per heavy atom. The number of thioether (sulfide) groups is 1. The molecule has 0 bridgehead atoms. The number of hydrogen-bond donors (Lipinski definition) is 2. The van der Waals surface area contributed by atoms with E-state index in [0.29, 0.717) is 12.5 Å². The highest BCUT2D eigenvalue weighted by Crippen LogP contribution is 2.33. The summed E-state index contributed by atoms with van der Waals surface area (Å²) < 4.78 is 0. The molecule has 0 atom stereocenters. The maximum absolute atomic E-state index is 12.1. The summed E-state index contributed by atoms with van der Waals surface area (Å²) in [7, 11) is 0. The lowest BCUT2D eigenvalue weighted by molar-refractivity contribution is -0.118. The molecule has 1 aliphatic rings. The second kappa shape index (κ2) is 8.82. The standard InChI is InChI=1S/C17H25N3O2S/c1-13(2)8-9-18-17(22)19-16(21)12-20-10-5-11-23-15-7-4-3-6-14(15)20/h3-4,6-7,13H,5,8-12H2,1-2H3,(H2,18,19,21,22). The van der Waals surface area contributed by atoms with Crippen molar-refractivity contribution in [3.8, 4) is 0 Å². The molecule has 0 saturated carbocycles. The average Bonchev–Trinajstić information content (AvgIpc) is 2.69. The number of anilines is 1. The maximum atomic E-state index is 12.1. The lowest BCUT2D eigenvalue weighted by Crippen LogP contribution is -2.45. The van der Waals surface area contributed by atoms with Crippen molar-refractivity contribution in [1.29, 1.82) is 0 Å². The van der Waals surface area contributed by atoms with E-state index in [1.54, 1.807) is 0 Å². The number of nitrogens with one attached hydrogen (secondary N) is 2. The highest BCUT2D eigenvalue weighted by atomic mass is 32.2. The van der Waals surface area contributed by atoms with E-state index < -0.39 is 6.03 Å². The van der Waals surface area contributed by atoms with Crippen LogP contribution in [0.5, 0.6) is 0 Å². The molecular formula is C17H25N3O2S. The Labute approximate surface area is 142 Å². The van der Waals surface area contributed by atoms with Gasteiger partial charge >= 0.3 is 6.03 Å². The lowest BCUT2D eigenvalue weighted by atomic mass is 10.1. The van der Waals surface area contributed by atoms with Crippen LogP contribution in [-0.2, 0) is 4.79 Å². The van der Waals surface area contributed by atoms with Crippen LogP contribution in [0, 0.1) is 5.92 Å².